The Balaban J connectivity index is 2.09. The average Bonchev–Trinajstić information content (AvgIpc) is 2.93. The number of hydrogen-bond acceptors (Lipinski definition) is 4. The molecule has 94 valence electrons. The van der Waals surface area contributed by atoms with E-state index < -0.39 is 12.0 Å². The van der Waals surface area contributed by atoms with Crippen LogP contribution in [0.3, 0.4) is 0 Å². The smallest absolute Gasteiger partial charge is 0.267 e. The first-order valence-corrected chi connectivity index (χ1v) is 5.50. The Morgan fingerprint density at radius 2 is 2.06 bits per heavy atom. The van der Waals surface area contributed by atoms with Crippen LogP contribution in [-0.4, -0.2) is 5.91 Å². The minimum atomic E-state index is -0.749. The Labute approximate surface area is 105 Å². The zero-order valence-corrected chi connectivity index (χ0v) is 9.71. The van der Waals surface area contributed by atoms with Gasteiger partial charge in [-0.25, -0.2) is 5.84 Å². The van der Waals surface area contributed by atoms with Gasteiger partial charge in [-0.2, -0.15) is 0 Å². The number of furan rings is 1. The number of amides is 1. The van der Waals surface area contributed by atoms with Crippen LogP contribution in [0.15, 0.2) is 53.1 Å². The van der Waals surface area contributed by atoms with Gasteiger partial charge in [0.25, 0.3) is 5.91 Å². The molecule has 18 heavy (non-hydrogen) atoms. The van der Waals surface area contributed by atoms with E-state index in [1.54, 1.807) is 18.4 Å². The Morgan fingerprint density at radius 3 is 2.67 bits per heavy atom. The quantitative estimate of drug-likeness (QED) is 0.476. The summed E-state index contributed by atoms with van der Waals surface area (Å²) in [4.78, 5) is 11.7. The SMILES string of the molecule is NNC(=O)C(OCc1ccco1)c1ccccc1. The number of carbonyl (C=O) groups is 1. The lowest BCUT2D eigenvalue weighted by Gasteiger charge is -2.15. The number of carbonyl (C=O) groups excluding carboxylic acids is 1. The highest BCUT2D eigenvalue weighted by Crippen LogP contribution is 2.19. The summed E-state index contributed by atoms with van der Waals surface area (Å²) in [5.74, 6) is 5.41. The van der Waals surface area contributed by atoms with Crippen molar-refractivity contribution in [3.63, 3.8) is 0 Å². The van der Waals surface area contributed by atoms with E-state index in [0.29, 0.717) is 5.76 Å². The van der Waals surface area contributed by atoms with E-state index in [1.807, 2.05) is 30.3 Å². The summed E-state index contributed by atoms with van der Waals surface area (Å²) in [5, 5.41) is 0. The predicted octanol–water partition coefficient (Wildman–Crippen LogP) is 1.53. The average molecular weight is 246 g/mol. The maximum atomic E-state index is 11.7. The zero-order chi connectivity index (χ0) is 12.8. The fourth-order valence-corrected chi connectivity index (χ4v) is 1.59. The molecule has 1 atom stereocenters. The van der Waals surface area contributed by atoms with Gasteiger partial charge in [-0.05, 0) is 17.7 Å². The summed E-state index contributed by atoms with van der Waals surface area (Å²) in [6.45, 7) is 0.208. The minimum absolute atomic E-state index is 0.208. The summed E-state index contributed by atoms with van der Waals surface area (Å²) in [7, 11) is 0. The van der Waals surface area contributed by atoms with Crippen LogP contribution in [0.25, 0.3) is 0 Å². The number of hydrogen-bond donors (Lipinski definition) is 2. The lowest BCUT2D eigenvalue weighted by Crippen LogP contribution is -2.35. The fourth-order valence-electron chi connectivity index (χ4n) is 1.59. The number of ether oxygens (including phenoxy) is 1. The number of benzene rings is 1. The van der Waals surface area contributed by atoms with Gasteiger partial charge in [0.2, 0.25) is 0 Å². The van der Waals surface area contributed by atoms with Gasteiger partial charge in [0.15, 0.2) is 6.10 Å². The molecule has 1 aromatic carbocycles. The van der Waals surface area contributed by atoms with Crippen LogP contribution >= 0.6 is 0 Å². The Kier molecular flexibility index (Phi) is 4.11. The normalized spacial score (nSPS) is 12.1. The van der Waals surface area contributed by atoms with Crippen molar-refractivity contribution < 1.29 is 13.9 Å². The van der Waals surface area contributed by atoms with E-state index in [2.05, 4.69) is 5.43 Å². The molecular weight excluding hydrogens is 232 g/mol. The maximum Gasteiger partial charge on any atom is 0.267 e. The van der Waals surface area contributed by atoms with Crippen molar-refractivity contribution in [2.45, 2.75) is 12.7 Å². The molecule has 0 spiro atoms. The molecule has 5 heteroatoms. The molecule has 0 saturated carbocycles. The zero-order valence-electron chi connectivity index (χ0n) is 9.71. The van der Waals surface area contributed by atoms with E-state index in [9.17, 15) is 4.79 Å². The lowest BCUT2D eigenvalue weighted by molar-refractivity contribution is -0.134. The molecule has 5 nitrogen and oxygen atoms in total. The van der Waals surface area contributed by atoms with Gasteiger partial charge in [-0.15, -0.1) is 0 Å². The second-order valence-electron chi connectivity index (χ2n) is 3.69. The van der Waals surface area contributed by atoms with Crippen LogP contribution in [-0.2, 0) is 16.1 Å². The van der Waals surface area contributed by atoms with Crippen molar-refractivity contribution in [2.24, 2.45) is 5.84 Å². The van der Waals surface area contributed by atoms with Crippen LogP contribution < -0.4 is 11.3 Å². The third kappa shape index (κ3) is 2.97. The molecule has 1 unspecified atom stereocenters. The van der Waals surface area contributed by atoms with E-state index in [-0.39, 0.29) is 6.61 Å². The summed E-state index contributed by atoms with van der Waals surface area (Å²) in [6, 6.07) is 12.7. The van der Waals surface area contributed by atoms with Gasteiger partial charge in [-0.1, -0.05) is 30.3 Å². The van der Waals surface area contributed by atoms with Gasteiger partial charge < -0.3 is 9.15 Å². The molecule has 0 radical (unpaired) electrons. The highest BCUT2D eigenvalue weighted by molar-refractivity contribution is 5.81. The Morgan fingerprint density at radius 1 is 1.28 bits per heavy atom. The third-order valence-electron chi connectivity index (χ3n) is 2.46. The molecule has 2 rings (SSSR count). The minimum Gasteiger partial charge on any atom is -0.467 e. The first kappa shape index (κ1) is 12.3. The molecule has 1 aromatic heterocycles. The first-order chi connectivity index (χ1) is 8.81. The van der Waals surface area contributed by atoms with Crippen molar-refractivity contribution in [2.75, 3.05) is 0 Å². The van der Waals surface area contributed by atoms with Crippen LogP contribution in [0, 0.1) is 0 Å². The van der Waals surface area contributed by atoms with Crippen molar-refractivity contribution in [3.8, 4) is 0 Å². The standard InChI is InChI=1S/C13H14N2O3/c14-15-13(16)12(10-5-2-1-3-6-10)18-9-11-7-4-8-17-11/h1-8,12H,9,14H2,(H,15,16). The largest absolute Gasteiger partial charge is 0.467 e. The summed E-state index contributed by atoms with van der Waals surface area (Å²) in [5.41, 5.74) is 2.84. The van der Waals surface area contributed by atoms with Crippen LogP contribution in [0.5, 0.6) is 0 Å². The maximum absolute atomic E-state index is 11.7. The molecule has 1 amide bonds. The second kappa shape index (κ2) is 6.00. The van der Waals surface area contributed by atoms with Crippen molar-refractivity contribution in [3.05, 3.63) is 60.1 Å². The molecular formula is C13H14N2O3. The van der Waals surface area contributed by atoms with Gasteiger partial charge in [0.1, 0.15) is 12.4 Å². The first-order valence-electron chi connectivity index (χ1n) is 5.50. The molecule has 0 aliphatic heterocycles. The van der Waals surface area contributed by atoms with Gasteiger partial charge in [0.05, 0.1) is 6.26 Å². The van der Waals surface area contributed by atoms with Crippen molar-refractivity contribution in [1.29, 1.82) is 0 Å². The van der Waals surface area contributed by atoms with E-state index in [0.717, 1.165) is 5.56 Å². The summed E-state index contributed by atoms with van der Waals surface area (Å²) >= 11 is 0. The Bertz CT molecular complexity index is 482. The van der Waals surface area contributed by atoms with E-state index in [1.165, 1.54) is 0 Å². The number of hydrazine groups is 1. The highest BCUT2D eigenvalue weighted by atomic mass is 16.5. The topological polar surface area (TPSA) is 77.5 Å². The Hall–Kier alpha value is -2.11. The number of rotatable bonds is 5. The summed E-state index contributed by atoms with van der Waals surface area (Å²) < 4.78 is 10.7. The predicted molar refractivity (Wildman–Crippen MR) is 65.0 cm³/mol. The molecule has 3 N–H and O–H groups in total. The number of nitrogens with one attached hydrogen (secondary N) is 1. The molecule has 0 aliphatic carbocycles. The van der Waals surface area contributed by atoms with Crippen LogP contribution in [0.2, 0.25) is 0 Å². The number of nitrogens with two attached hydrogens (primary N) is 1. The monoisotopic (exact) mass is 246 g/mol. The van der Waals surface area contributed by atoms with Gasteiger partial charge >= 0.3 is 0 Å². The van der Waals surface area contributed by atoms with E-state index in [4.69, 9.17) is 15.0 Å². The van der Waals surface area contributed by atoms with Crippen molar-refractivity contribution >= 4 is 5.91 Å². The van der Waals surface area contributed by atoms with Gasteiger partial charge in [0, 0.05) is 0 Å². The summed E-state index contributed by atoms with van der Waals surface area (Å²) in [6.07, 6.45) is 0.806. The van der Waals surface area contributed by atoms with Gasteiger partial charge in [-0.3, -0.25) is 10.2 Å². The van der Waals surface area contributed by atoms with Crippen LogP contribution in [0.1, 0.15) is 17.4 Å². The molecule has 0 bridgehead atoms. The molecule has 2 aromatic rings. The third-order valence-corrected chi connectivity index (χ3v) is 2.46. The molecule has 0 fully saturated rings. The van der Waals surface area contributed by atoms with E-state index >= 15 is 0 Å². The second-order valence-corrected chi connectivity index (χ2v) is 3.69. The lowest BCUT2D eigenvalue weighted by atomic mass is 10.1. The van der Waals surface area contributed by atoms with Crippen LogP contribution in [0.4, 0.5) is 0 Å². The highest BCUT2D eigenvalue weighted by Gasteiger charge is 2.20. The fraction of sp³-hybridized carbons (Fsp3) is 0.154. The molecule has 0 aliphatic rings. The van der Waals surface area contributed by atoms with Crippen molar-refractivity contribution in [1.82, 2.24) is 5.43 Å². The molecule has 1 heterocycles. The molecule has 0 saturated heterocycles.